The van der Waals surface area contributed by atoms with Crippen LogP contribution in [-0.2, 0) is 4.79 Å². The number of methoxy groups -OCH3 is 1. The number of hydrogen-bond donors (Lipinski definition) is 3. The molecule has 2 aliphatic rings. The SMILES string of the molecule is COc1cc(C(O)=C2C(=O)Nc3cc(Cl)c(-c4ccc(N5CCC(C)(O)CC5)cc4)cc32)on1. The Morgan fingerprint density at radius 1 is 1.18 bits per heavy atom. The molecule has 34 heavy (non-hydrogen) atoms. The lowest BCUT2D eigenvalue weighted by Crippen LogP contribution is -2.42. The fraction of sp³-hybridized carbons (Fsp3) is 0.280. The van der Waals surface area contributed by atoms with Gasteiger partial charge in [-0.05, 0) is 54.8 Å². The number of hydrogen-bond acceptors (Lipinski definition) is 7. The van der Waals surface area contributed by atoms with Crippen LogP contribution in [0.4, 0.5) is 11.4 Å². The number of nitrogens with zero attached hydrogens (tertiary/aromatic N) is 2. The van der Waals surface area contributed by atoms with Gasteiger partial charge in [-0.15, -0.1) is 0 Å². The Morgan fingerprint density at radius 3 is 2.53 bits per heavy atom. The summed E-state index contributed by atoms with van der Waals surface area (Å²) in [4.78, 5) is 14.9. The molecule has 176 valence electrons. The number of amides is 1. The molecule has 0 saturated carbocycles. The number of ether oxygens (including phenoxy) is 1. The number of aromatic nitrogens is 1. The predicted molar refractivity (Wildman–Crippen MR) is 130 cm³/mol. The number of carbonyl (C=O) groups excluding carboxylic acids is 1. The lowest BCUT2D eigenvalue weighted by Gasteiger charge is -2.37. The van der Waals surface area contributed by atoms with E-state index in [9.17, 15) is 15.0 Å². The molecular weight excluding hydrogens is 458 g/mol. The van der Waals surface area contributed by atoms with Crippen LogP contribution in [-0.4, -0.2) is 47.1 Å². The molecule has 1 fully saturated rings. The van der Waals surface area contributed by atoms with Crippen LogP contribution in [0.1, 0.15) is 31.1 Å². The van der Waals surface area contributed by atoms with Gasteiger partial charge in [-0.25, -0.2) is 0 Å². The molecule has 0 spiro atoms. The molecule has 3 N–H and O–H groups in total. The number of rotatable bonds is 4. The van der Waals surface area contributed by atoms with Crippen LogP contribution in [0.3, 0.4) is 0 Å². The van der Waals surface area contributed by atoms with Crippen LogP contribution in [0.5, 0.6) is 5.88 Å². The number of aliphatic hydroxyl groups excluding tert-OH is 1. The number of benzene rings is 2. The van der Waals surface area contributed by atoms with E-state index in [-0.39, 0.29) is 23.0 Å². The third-order valence-corrected chi connectivity index (χ3v) is 6.72. The van der Waals surface area contributed by atoms with Gasteiger partial charge in [0.05, 0.1) is 35.1 Å². The standard InChI is InChI=1S/C25H24ClN3O5/c1-25(32)7-9-29(10-8-25)15-5-3-14(4-6-15)16-11-17-19(12-18(16)26)27-24(31)22(17)23(30)20-13-21(33-2)28-34-20/h3-6,11-13,30,32H,7-10H2,1-2H3,(H,27,31). The quantitative estimate of drug-likeness (QED) is 0.365. The van der Waals surface area contributed by atoms with E-state index < -0.39 is 11.5 Å². The van der Waals surface area contributed by atoms with Gasteiger partial charge in [-0.3, -0.25) is 4.79 Å². The summed E-state index contributed by atoms with van der Waals surface area (Å²) in [5.41, 5.74) is 3.16. The minimum atomic E-state index is -0.604. The highest BCUT2D eigenvalue weighted by Gasteiger charge is 2.31. The zero-order valence-corrected chi connectivity index (χ0v) is 19.5. The molecule has 0 atom stereocenters. The van der Waals surface area contributed by atoms with Gasteiger partial charge in [0.25, 0.3) is 11.8 Å². The average molecular weight is 482 g/mol. The smallest absolute Gasteiger partial charge is 0.260 e. The summed E-state index contributed by atoms with van der Waals surface area (Å²) in [5.74, 6) is -0.588. The maximum Gasteiger partial charge on any atom is 0.260 e. The first kappa shape index (κ1) is 22.3. The second-order valence-corrected chi connectivity index (χ2v) is 9.23. The Labute approximate surface area is 201 Å². The molecule has 2 aromatic carbocycles. The van der Waals surface area contributed by atoms with Crippen molar-refractivity contribution in [2.75, 3.05) is 30.4 Å². The normalized spacial score (nSPS) is 18.5. The van der Waals surface area contributed by atoms with Gasteiger partial charge in [0, 0.05) is 29.9 Å². The van der Waals surface area contributed by atoms with E-state index in [1.165, 1.54) is 13.2 Å². The molecule has 0 unspecified atom stereocenters. The molecule has 2 aliphatic heterocycles. The van der Waals surface area contributed by atoms with Crippen molar-refractivity contribution in [2.24, 2.45) is 0 Å². The number of nitrogens with one attached hydrogen (secondary N) is 1. The Kier molecular flexibility index (Phi) is 5.50. The molecule has 3 heterocycles. The monoisotopic (exact) mass is 481 g/mol. The first-order chi connectivity index (χ1) is 16.3. The summed E-state index contributed by atoms with van der Waals surface area (Å²) >= 11 is 6.56. The highest BCUT2D eigenvalue weighted by Crippen LogP contribution is 2.42. The van der Waals surface area contributed by atoms with Crippen molar-refractivity contribution < 1.29 is 24.3 Å². The highest BCUT2D eigenvalue weighted by molar-refractivity contribution is 6.38. The van der Waals surface area contributed by atoms with Crippen molar-refractivity contribution in [3.8, 4) is 17.0 Å². The van der Waals surface area contributed by atoms with Gasteiger partial charge in [-0.1, -0.05) is 23.7 Å². The first-order valence-electron chi connectivity index (χ1n) is 10.9. The van der Waals surface area contributed by atoms with Gasteiger partial charge >= 0.3 is 0 Å². The van der Waals surface area contributed by atoms with E-state index in [1.54, 1.807) is 12.1 Å². The molecule has 1 aromatic heterocycles. The average Bonchev–Trinajstić information content (AvgIpc) is 3.42. The summed E-state index contributed by atoms with van der Waals surface area (Å²) in [6.07, 6.45) is 1.45. The van der Waals surface area contributed by atoms with E-state index >= 15 is 0 Å². The third-order valence-electron chi connectivity index (χ3n) is 6.40. The van der Waals surface area contributed by atoms with Crippen LogP contribution in [0.25, 0.3) is 22.5 Å². The van der Waals surface area contributed by atoms with Gasteiger partial charge < -0.3 is 29.7 Å². The number of aliphatic hydroxyl groups is 2. The van der Waals surface area contributed by atoms with Crippen LogP contribution >= 0.6 is 11.6 Å². The van der Waals surface area contributed by atoms with Gasteiger partial charge in [0.2, 0.25) is 5.76 Å². The molecule has 0 bridgehead atoms. The number of carbonyl (C=O) groups is 1. The second kappa shape index (κ2) is 8.38. The van der Waals surface area contributed by atoms with Crippen LogP contribution < -0.4 is 15.0 Å². The van der Waals surface area contributed by atoms with Crippen molar-refractivity contribution >= 4 is 40.2 Å². The number of piperidine rings is 1. The fourth-order valence-corrected chi connectivity index (χ4v) is 4.61. The van der Waals surface area contributed by atoms with Crippen LogP contribution in [0.15, 0.2) is 47.0 Å². The van der Waals surface area contributed by atoms with E-state index in [0.29, 0.717) is 16.3 Å². The van der Waals surface area contributed by atoms with Crippen LogP contribution in [0.2, 0.25) is 5.02 Å². The maximum atomic E-state index is 12.7. The van der Waals surface area contributed by atoms with Crippen molar-refractivity contribution in [1.29, 1.82) is 0 Å². The summed E-state index contributed by atoms with van der Waals surface area (Å²) in [7, 11) is 1.43. The Hall–Kier alpha value is -3.49. The lowest BCUT2D eigenvalue weighted by molar-refractivity contribution is -0.110. The van der Waals surface area contributed by atoms with Crippen molar-refractivity contribution in [2.45, 2.75) is 25.4 Å². The molecular formula is C25H24ClN3O5. The van der Waals surface area contributed by atoms with Crippen LogP contribution in [0, 0.1) is 0 Å². The van der Waals surface area contributed by atoms with Gasteiger partial charge in [0.1, 0.15) is 0 Å². The minimum absolute atomic E-state index is 0.0243. The largest absolute Gasteiger partial charge is 0.504 e. The maximum absolute atomic E-state index is 12.7. The van der Waals surface area contributed by atoms with Gasteiger partial charge in [0.15, 0.2) is 5.76 Å². The number of anilines is 2. The van der Waals surface area contributed by atoms with E-state index in [1.807, 2.05) is 31.2 Å². The molecule has 3 aromatic rings. The molecule has 5 rings (SSSR count). The Balaban J connectivity index is 1.48. The molecule has 0 aliphatic carbocycles. The summed E-state index contributed by atoms with van der Waals surface area (Å²) in [5, 5.41) is 27.9. The zero-order valence-electron chi connectivity index (χ0n) is 18.8. The molecule has 8 nitrogen and oxygen atoms in total. The number of halogens is 1. The molecule has 1 amide bonds. The highest BCUT2D eigenvalue weighted by atomic mass is 35.5. The van der Waals surface area contributed by atoms with E-state index in [2.05, 4.69) is 15.4 Å². The third kappa shape index (κ3) is 3.99. The summed E-state index contributed by atoms with van der Waals surface area (Å²) in [6, 6.07) is 12.9. The second-order valence-electron chi connectivity index (χ2n) is 8.82. The van der Waals surface area contributed by atoms with Gasteiger partial charge in [-0.2, -0.15) is 0 Å². The first-order valence-corrected chi connectivity index (χ1v) is 11.3. The predicted octanol–water partition coefficient (Wildman–Crippen LogP) is 4.73. The zero-order chi connectivity index (χ0) is 24.0. The van der Waals surface area contributed by atoms with E-state index in [4.69, 9.17) is 20.9 Å². The minimum Gasteiger partial charge on any atom is -0.504 e. The van der Waals surface area contributed by atoms with Crippen molar-refractivity contribution in [1.82, 2.24) is 5.16 Å². The fourth-order valence-electron chi connectivity index (χ4n) is 4.34. The Bertz CT molecular complexity index is 1290. The Morgan fingerprint density at radius 2 is 1.88 bits per heavy atom. The lowest BCUT2D eigenvalue weighted by atomic mass is 9.93. The topological polar surface area (TPSA) is 108 Å². The van der Waals surface area contributed by atoms with Crippen molar-refractivity contribution in [3.63, 3.8) is 0 Å². The molecule has 0 radical (unpaired) electrons. The number of fused-ring (bicyclic) bond motifs is 1. The summed E-state index contributed by atoms with van der Waals surface area (Å²) < 4.78 is 10.1. The summed E-state index contributed by atoms with van der Waals surface area (Å²) in [6.45, 7) is 3.46. The van der Waals surface area contributed by atoms with Crippen molar-refractivity contribution in [3.05, 3.63) is 58.8 Å². The van der Waals surface area contributed by atoms with E-state index in [0.717, 1.165) is 42.7 Å². The molecule has 1 saturated heterocycles. The molecule has 9 heteroatoms.